The lowest BCUT2D eigenvalue weighted by Crippen LogP contribution is -2.47. The Morgan fingerprint density at radius 1 is 1.03 bits per heavy atom. The van der Waals surface area contributed by atoms with Crippen LogP contribution in [0.1, 0.15) is 19.3 Å². The van der Waals surface area contributed by atoms with Crippen molar-refractivity contribution in [2.45, 2.75) is 37.5 Å². The predicted molar refractivity (Wildman–Crippen MR) is 118 cm³/mol. The van der Waals surface area contributed by atoms with Gasteiger partial charge in [0, 0.05) is 38.3 Å². The fourth-order valence-electron chi connectivity index (χ4n) is 4.40. The molecule has 2 fully saturated rings. The van der Waals surface area contributed by atoms with Gasteiger partial charge in [-0.1, -0.05) is 18.2 Å². The molecule has 1 amide bonds. The van der Waals surface area contributed by atoms with E-state index in [1.807, 2.05) is 36.4 Å². The molecule has 0 aliphatic carbocycles. The Kier molecular flexibility index (Phi) is 6.94. The lowest BCUT2D eigenvalue weighted by atomic mass is 10.1. The highest BCUT2D eigenvalue weighted by molar-refractivity contribution is 5.96. The summed E-state index contributed by atoms with van der Waals surface area (Å²) in [6.45, 7) is 2.17. The highest BCUT2D eigenvalue weighted by Crippen LogP contribution is 2.32. The lowest BCUT2D eigenvalue weighted by molar-refractivity contribution is -0.121. The van der Waals surface area contributed by atoms with Crippen LogP contribution in [0.5, 0.6) is 17.2 Å². The molecule has 2 saturated heterocycles. The van der Waals surface area contributed by atoms with E-state index in [-0.39, 0.29) is 18.1 Å². The zero-order valence-electron chi connectivity index (χ0n) is 18.1. The van der Waals surface area contributed by atoms with Gasteiger partial charge in [-0.15, -0.1) is 0 Å². The first-order valence-electron chi connectivity index (χ1n) is 10.8. The normalized spacial score (nSPS) is 22.1. The Morgan fingerprint density at radius 3 is 2.52 bits per heavy atom. The standard InChI is InChI=1S/C24H30N2O5/c1-28-19-8-9-23(29-2)21(14-19)25-24(27)22-15-20(31-18-6-4-3-5-7-18)16-26(22)17-10-12-30-13-11-17/h3-9,14,17,20,22H,10-13,15-16H2,1-2H3,(H,25,27)/t20-,22-/m0/s1. The number of carbonyl (C=O) groups excluding carboxylic acids is 1. The zero-order chi connectivity index (χ0) is 21.6. The van der Waals surface area contributed by atoms with Crippen LogP contribution in [-0.2, 0) is 9.53 Å². The molecular weight excluding hydrogens is 396 g/mol. The molecule has 2 aromatic rings. The number of anilines is 1. The summed E-state index contributed by atoms with van der Waals surface area (Å²) in [5, 5.41) is 3.06. The smallest absolute Gasteiger partial charge is 0.241 e. The molecule has 2 atom stereocenters. The number of hydrogen-bond donors (Lipinski definition) is 1. The van der Waals surface area contributed by atoms with Gasteiger partial charge in [0.2, 0.25) is 5.91 Å². The van der Waals surface area contributed by atoms with E-state index < -0.39 is 0 Å². The maximum absolute atomic E-state index is 13.4. The molecule has 7 nitrogen and oxygen atoms in total. The minimum absolute atomic E-state index is 0.0480. The van der Waals surface area contributed by atoms with E-state index in [2.05, 4.69) is 10.2 Å². The largest absolute Gasteiger partial charge is 0.497 e. The number of carbonyl (C=O) groups is 1. The minimum atomic E-state index is -0.285. The molecular formula is C24H30N2O5. The second-order valence-electron chi connectivity index (χ2n) is 7.90. The molecule has 0 saturated carbocycles. The number of ether oxygens (including phenoxy) is 4. The average Bonchev–Trinajstić information content (AvgIpc) is 3.24. The van der Waals surface area contributed by atoms with Gasteiger partial charge in [0.25, 0.3) is 0 Å². The monoisotopic (exact) mass is 426 g/mol. The van der Waals surface area contributed by atoms with E-state index in [0.717, 1.165) is 31.8 Å². The zero-order valence-corrected chi connectivity index (χ0v) is 18.1. The number of rotatable bonds is 7. The van der Waals surface area contributed by atoms with Crippen LogP contribution in [0.15, 0.2) is 48.5 Å². The van der Waals surface area contributed by atoms with Crippen LogP contribution in [0.3, 0.4) is 0 Å². The Balaban J connectivity index is 1.52. The third-order valence-electron chi connectivity index (χ3n) is 5.97. The quantitative estimate of drug-likeness (QED) is 0.732. The number of nitrogens with one attached hydrogen (secondary N) is 1. The van der Waals surface area contributed by atoms with Crippen LogP contribution in [-0.4, -0.2) is 63.0 Å². The van der Waals surface area contributed by atoms with Gasteiger partial charge in [-0.2, -0.15) is 0 Å². The maximum Gasteiger partial charge on any atom is 0.241 e. The highest BCUT2D eigenvalue weighted by Gasteiger charge is 2.42. The topological polar surface area (TPSA) is 69.3 Å². The van der Waals surface area contributed by atoms with E-state index in [4.69, 9.17) is 18.9 Å². The van der Waals surface area contributed by atoms with Crippen LogP contribution in [0.4, 0.5) is 5.69 Å². The van der Waals surface area contributed by atoms with Gasteiger partial charge in [-0.3, -0.25) is 9.69 Å². The van der Waals surface area contributed by atoms with Crippen molar-refractivity contribution in [2.75, 3.05) is 39.3 Å². The van der Waals surface area contributed by atoms with E-state index >= 15 is 0 Å². The summed E-state index contributed by atoms with van der Waals surface area (Å²) in [4.78, 5) is 15.7. The molecule has 0 radical (unpaired) electrons. The Bertz CT molecular complexity index is 870. The summed E-state index contributed by atoms with van der Waals surface area (Å²) in [6.07, 6.45) is 2.42. The third kappa shape index (κ3) is 5.11. The van der Waals surface area contributed by atoms with Crippen molar-refractivity contribution in [3.63, 3.8) is 0 Å². The molecule has 2 aromatic carbocycles. The van der Waals surface area contributed by atoms with Crippen molar-refractivity contribution >= 4 is 11.6 Å². The first-order chi connectivity index (χ1) is 15.2. The summed E-state index contributed by atoms with van der Waals surface area (Å²) < 4.78 is 22.5. The maximum atomic E-state index is 13.4. The third-order valence-corrected chi connectivity index (χ3v) is 5.97. The van der Waals surface area contributed by atoms with E-state index in [1.165, 1.54) is 0 Å². The first kappa shape index (κ1) is 21.5. The first-order valence-corrected chi connectivity index (χ1v) is 10.8. The minimum Gasteiger partial charge on any atom is -0.497 e. The summed E-state index contributed by atoms with van der Waals surface area (Å²) in [5.74, 6) is 2.03. The Hall–Kier alpha value is -2.77. The Morgan fingerprint density at radius 2 is 1.81 bits per heavy atom. The number of para-hydroxylation sites is 1. The number of benzene rings is 2. The molecule has 7 heteroatoms. The van der Waals surface area contributed by atoms with E-state index in [9.17, 15) is 4.79 Å². The molecule has 166 valence electrons. The second kappa shape index (κ2) is 10.0. The van der Waals surface area contributed by atoms with Crippen molar-refractivity contribution in [1.82, 2.24) is 4.90 Å². The summed E-state index contributed by atoms with van der Waals surface area (Å²) in [7, 11) is 3.19. The van der Waals surface area contributed by atoms with Crippen molar-refractivity contribution in [3.8, 4) is 17.2 Å². The second-order valence-corrected chi connectivity index (χ2v) is 7.90. The van der Waals surface area contributed by atoms with Gasteiger partial charge >= 0.3 is 0 Å². The summed E-state index contributed by atoms with van der Waals surface area (Å²) in [5.41, 5.74) is 0.603. The molecule has 2 aliphatic rings. The van der Waals surface area contributed by atoms with Crippen molar-refractivity contribution < 1.29 is 23.7 Å². The van der Waals surface area contributed by atoms with Crippen LogP contribution < -0.4 is 19.5 Å². The fourth-order valence-corrected chi connectivity index (χ4v) is 4.40. The number of nitrogens with zero attached hydrogens (tertiary/aromatic N) is 1. The SMILES string of the molecule is COc1ccc(OC)c(NC(=O)[C@@H]2C[C@H](Oc3ccccc3)CN2C2CCOCC2)c1. The van der Waals surface area contributed by atoms with Gasteiger partial charge in [-0.05, 0) is 37.1 Å². The van der Waals surface area contributed by atoms with Crippen molar-refractivity contribution in [3.05, 3.63) is 48.5 Å². The fraction of sp³-hybridized carbons (Fsp3) is 0.458. The molecule has 31 heavy (non-hydrogen) atoms. The molecule has 2 aliphatic heterocycles. The van der Waals surface area contributed by atoms with Crippen LogP contribution >= 0.6 is 0 Å². The molecule has 4 rings (SSSR count). The molecule has 0 spiro atoms. The van der Waals surface area contributed by atoms with Crippen LogP contribution in [0.2, 0.25) is 0 Å². The highest BCUT2D eigenvalue weighted by atomic mass is 16.5. The van der Waals surface area contributed by atoms with Crippen molar-refractivity contribution in [1.29, 1.82) is 0 Å². The number of likely N-dealkylation sites (tertiary alicyclic amines) is 1. The summed E-state index contributed by atoms with van der Waals surface area (Å²) >= 11 is 0. The Labute approximate surface area is 183 Å². The number of hydrogen-bond acceptors (Lipinski definition) is 6. The lowest BCUT2D eigenvalue weighted by Gasteiger charge is -2.34. The molecule has 1 N–H and O–H groups in total. The van der Waals surface area contributed by atoms with Gasteiger partial charge in [0.05, 0.1) is 25.9 Å². The van der Waals surface area contributed by atoms with E-state index in [1.54, 1.807) is 26.4 Å². The summed E-state index contributed by atoms with van der Waals surface area (Å²) in [6, 6.07) is 15.2. The molecule has 2 heterocycles. The number of amides is 1. The van der Waals surface area contributed by atoms with Gasteiger partial charge in [0.15, 0.2) is 0 Å². The van der Waals surface area contributed by atoms with E-state index in [0.29, 0.717) is 36.2 Å². The van der Waals surface area contributed by atoms with Crippen molar-refractivity contribution in [2.24, 2.45) is 0 Å². The predicted octanol–water partition coefficient (Wildman–Crippen LogP) is 3.34. The number of methoxy groups -OCH3 is 2. The average molecular weight is 427 g/mol. The van der Waals surface area contributed by atoms with Crippen LogP contribution in [0, 0.1) is 0 Å². The van der Waals surface area contributed by atoms with Gasteiger partial charge in [-0.25, -0.2) is 0 Å². The molecule has 0 unspecified atom stereocenters. The van der Waals surface area contributed by atoms with Gasteiger partial charge < -0.3 is 24.3 Å². The van der Waals surface area contributed by atoms with Gasteiger partial charge in [0.1, 0.15) is 23.4 Å². The van der Waals surface area contributed by atoms with Crippen LogP contribution in [0.25, 0.3) is 0 Å². The molecule has 0 bridgehead atoms. The molecule has 0 aromatic heterocycles.